The lowest BCUT2D eigenvalue weighted by atomic mass is 10.1. The molecule has 0 saturated heterocycles. The van der Waals surface area contributed by atoms with E-state index in [1.165, 1.54) is 24.8 Å². The highest BCUT2D eigenvalue weighted by Gasteiger charge is 2.03. The summed E-state index contributed by atoms with van der Waals surface area (Å²) in [6, 6.07) is 10.3. The maximum absolute atomic E-state index is 9.85. The average molecular weight is 261 g/mol. The summed E-state index contributed by atoms with van der Waals surface area (Å²) in [6.07, 6.45) is 8.57. The number of unbranched alkanes of at least 4 members (excludes halogenated alkanes) is 4. The van der Waals surface area contributed by atoms with Crippen LogP contribution in [0.3, 0.4) is 0 Å². The highest BCUT2D eigenvalue weighted by Crippen LogP contribution is 2.07. The van der Waals surface area contributed by atoms with Crippen LogP contribution in [0.25, 0.3) is 0 Å². The molecule has 0 spiro atoms. The second-order valence-corrected chi connectivity index (χ2v) is 5.05. The molecule has 0 bridgehead atoms. The lowest BCUT2D eigenvalue weighted by Gasteiger charge is -2.11. The van der Waals surface area contributed by atoms with Crippen molar-refractivity contribution in [3.8, 4) is 0 Å². The lowest BCUT2D eigenvalue weighted by molar-refractivity contribution is 0.157. The van der Waals surface area contributed by atoms with Gasteiger partial charge in [0, 0.05) is 13.1 Å². The maximum atomic E-state index is 9.85. The van der Waals surface area contributed by atoms with E-state index in [4.69, 9.17) is 0 Å². The van der Waals surface area contributed by atoms with Crippen LogP contribution in [0.2, 0.25) is 0 Å². The fourth-order valence-electron chi connectivity index (χ4n) is 2.10. The molecule has 0 aliphatic heterocycles. The van der Waals surface area contributed by atoms with Crippen LogP contribution in [0.5, 0.6) is 0 Å². The van der Waals surface area contributed by atoms with Gasteiger partial charge in [0.25, 0.3) is 0 Å². The highest BCUT2D eigenvalue weighted by atomic mass is 16.3. The van der Waals surface area contributed by atoms with Gasteiger partial charge in [-0.05, 0) is 24.8 Å². The summed E-state index contributed by atoms with van der Waals surface area (Å²) in [7, 11) is 0. The van der Waals surface area contributed by atoms with Crippen molar-refractivity contribution >= 4 is 0 Å². The van der Waals surface area contributed by atoms with Gasteiger partial charge in [0.1, 0.15) is 0 Å². The Morgan fingerprint density at radius 2 is 1.84 bits per heavy atom. The molecule has 0 radical (unpaired) electrons. The Morgan fingerprint density at radius 3 is 2.58 bits per heavy atom. The highest BCUT2D eigenvalue weighted by molar-refractivity contribution is 5.14. The van der Waals surface area contributed by atoms with E-state index in [0.717, 1.165) is 25.8 Å². The first-order valence-corrected chi connectivity index (χ1v) is 7.36. The second kappa shape index (κ2) is 10.8. The van der Waals surface area contributed by atoms with Crippen LogP contribution >= 0.6 is 0 Å². The number of nitrogens with one attached hydrogen (secondary N) is 1. The van der Waals surface area contributed by atoms with Crippen LogP contribution in [0.15, 0.2) is 43.0 Å². The molecule has 2 N–H and O–H groups in total. The molecule has 19 heavy (non-hydrogen) atoms. The van der Waals surface area contributed by atoms with Crippen LogP contribution < -0.4 is 5.32 Å². The minimum Gasteiger partial charge on any atom is -0.392 e. The molecule has 1 aromatic carbocycles. The number of aliphatic hydroxyl groups is 1. The monoisotopic (exact) mass is 261 g/mol. The number of hydrogen-bond donors (Lipinski definition) is 2. The van der Waals surface area contributed by atoms with Gasteiger partial charge in [-0.3, -0.25) is 0 Å². The first kappa shape index (κ1) is 15.9. The summed E-state index contributed by atoms with van der Waals surface area (Å²) in [5, 5.41) is 13.2. The Labute approximate surface area is 117 Å². The van der Waals surface area contributed by atoms with Crippen molar-refractivity contribution < 1.29 is 5.11 Å². The minimum absolute atomic E-state index is 0.219. The number of rotatable bonds is 11. The third-order valence-corrected chi connectivity index (χ3v) is 3.25. The zero-order valence-electron chi connectivity index (χ0n) is 11.9. The first-order chi connectivity index (χ1) is 9.33. The van der Waals surface area contributed by atoms with Crippen LogP contribution in [-0.4, -0.2) is 17.8 Å². The van der Waals surface area contributed by atoms with Gasteiger partial charge in [-0.2, -0.15) is 0 Å². The molecular formula is C17H27NO. The van der Waals surface area contributed by atoms with Gasteiger partial charge in [-0.15, -0.1) is 6.58 Å². The van der Waals surface area contributed by atoms with Gasteiger partial charge in [0.2, 0.25) is 0 Å². The van der Waals surface area contributed by atoms with Crippen molar-refractivity contribution in [3.05, 3.63) is 48.6 Å². The third-order valence-electron chi connectivity index (χ3n) is 3.25. The van der Waals surface area contributed by atoms with Crippen LogP contribution in [-0.2, 0) is 6.54 Å². The average Bonchev–Trinajstić information content (AvgIpc) is 2.44. The van der Waals surface area contributed by atoms with Crippen LogP contribution in [0, 0.1) is 0 Å². The molecule has 106 valence electrons. The molecule has 2 heteroatoms. The summed E-state index contributed by atoms with van der Waals surface area (Å²) in [6.45, 7) is 5.23. The van der Waals surface area contributed by atoms with Gasteiger partial charge in [0.15, 0.2) is 0 Å². The topological polar surface area (TPSA) is 32.3 Å². The molecule has 0 fully saturated rings. The third kappa shape index (κ3) is 8.57. The molecule has 1 atom stereocenters. The number of allylic oxidation sites excluding steroid dienone is 1. The van der Waals surface area contributed by atoms with E-state index in [-0.39, 0.29) is 6.10 Å². The zero-order valence-corrected chi connectivity index (χ0v) is 11.9. The summed E-state index contributed by atoms with van der Waals surface area (Å²) < 4.78 is 0. The van der Waals surface area contributed by atoms with Crippen molar-refractivity contribution in [2.24, 2.45) is 0 Å². The Morgan fingerprint density at radius 1 is 1.11 bits per heavy atom. The minimum atomic E-state index is -0.219. The molecule has 1 aromatic rings. The SMILES string of the molecule is C=CCCCCCC[C@@H](O)CNCc1ccccc1. The molecule has 0 saturated carbocycles. The molecule has 2 nitrogen and oxygen atoms in total. The Balaban J connectivity index is 1.96. The van der Waals surface area contributed by atoms with Gasteiger partial charge < -0.3 is 10.4 Å². The standard InChI is InChI=1S/C17H27NO/c1-2-3-4-5-6-10-13-17(19)15-18-14-16-11-8-7-9-12-16/h2,7-9,11-12,17-19H,1,3-6,10,13-15H2/t17-/m1/s1. The summed E-state index contributed by atoms with van der Waals surface area (Å²) in [5.74, 6) is 0. The van der Waals surface area contributed by atoms with Crippen molar-refractivity contribution in [2.45, 2.75) is 51.2 Å². The van der Waals surface area contributed by atoms with Crippen LogP contribution in [0.4, 0.5) is 0 Å². The molecule has 0 unspecified atom stereocenters. The normalized spacial score (nSPS) is 12.3. The molecule has 1 rings (SSSR count). The fourth-order valence-corrected chi connectivity index (χ4v) is 2.10. The smallest absolute Gasteiger partial charge is 0.0664 e. The quantitative estimate of drug-likeness (QED) is 0.470. The fraction of sp³-hybridized carbons (Fsp3) is 0.529. The zero-order chi connectivity index (χ0) is 13.8. The Kier molecular flexibility index (Phi) is 9.03. The molecule has 0 aromatic heterocycles. The molecule has 0 aliphatic rings. The maximum Gasteiger partial charge on any atom is 0.0664 e. The summed E-state index contributed by atoms with van der Waals surface area (Å²) >= 11 is 0. The molecule has 0 amide bonds. The van der Waals surface area contributed by atoms with E-state index in [2.05, 4.69) is 24.0 Å². The summed E-state index contributed by atoms with van der Waals surface area (Å²) in [5.41, 5.74) is 1.26. The predicted octanol–water partition coefficient (Wildman–Crippen LogP) is 3.66. The van der Waals surface area contributed by atoms with Crippen molar-refractivity contribution in [3.63, 3.8) is 0 Å². The van der Waals surface area contributed by atoms with E-state index in [1.807, 2.05) is 24.3 Å². The molecule has 0 aliphatic carbocycles. The summed E-state index contributed by atoms with van der Waals surface area (Å²) in [4.78, 5) is 0. The van der Waals surface area contributed by atoms with E-state index in [9.17, 15) is 5.11 Å². The van der Waals surface area contributed by atoms with Gasteiger partial charge in [-0.25, -0.2) is 0 Å². The second-order valence-electron chi connectivity index (χ2n) is 5.05. The van der Waals surface area contributed by atoms with Crippen LogP contribution in [0.1, 0.15) is 44.1 Å². The number of hydrogen-bond acceptors (Lipinski definition) is 2. The van der Waals surface area contributed by atoms with Gasteiger partial charge in [-0.1, -0.05) is 55.7 Å². The van der Waals surface area contributed by atoms with Crippen molar-refractivity contribution in [2.75, 3.05) is 6.54 Å². The van der Waals surface area contributed by atoms with E-state index < -0.39 is 0 Å². The van der Waals surface area contributed by atoms with Crippen molar-refractivity contribution in [1.29, 1.82) is 0 Å². The first-order valence-electron chi connectivity index (χ1n) is 7.36. The molecular weight excluding hydrogens is 234 g/mol. The number of aliphatic hydroxyl groups excluding tert-OH is 1. The Bertz CT molecular complexity index is 323. The Hall–Kier alpha value is -1.12. The van der Waals surface area contributed by atoms with E-state index in [1.54, 1.807) is 0 Å². The van der Waals surface area contributed by atoms with Gasteiger partial charge >= 0.3 is 0 Å². The van der Waals surface area contributed by atoms with Gasteiger partial charge in [0.05, 0.1) is 6.10 Å². The van der Waals surface area contributed by atoms with E-state index in [0.29, 0.717) is 6.54 Å². The van der Waals surface area contributed by atoms with E-state index >= 15 is 0 Å². The largest absolute Gasteiger partial charge is 0.392 e. The lowest BCUT2D eigenvalue weighted by Crippen LogP contribution is -2.26. The predicted molar refractivity (Wildman–Crippen MR) is 82.1 cm³/mol. The van der Waals surface area contributed by atoms with Crippen molar-refractivity contribution in [1.82, 2.24) is 5.32 Å². The molecule has 0 heterocycles. The number of benzene rings is 1.